The Morgan fingerprint density at radius 1 is 1.28 bits per heavy atom. The molecule has 106 valence electrons. The molecule has 2 aliphatic rings. The van der Waals surface area contributed by atoms with Gasteiger partial charge in [-0.3, -0.25) is 9.80 Å². The zero-order chi connectivity index (χ0) is 13.1. The molecule has 3 nitrogen and oxygen atoms in total. The van der Waals surface area contributed by atoms with E-state index < -0.39 is 0 Å². The average molecular weight is 253 g/mol. The van der Waals surface area contributed by atoms with Crippen molar-refractivity contribution in [2.75, 3.05) is 32.7 Å². The quantitative estimate of drug-likeness (QED) is 0.806. The summed E-state index contributed by atoms with van der Waals surface area (Å²) in [5.74, 6) is 0.736. The summed E-state index contributed by atoms with van der Waals surface area (Å²) in [5, 5.41) is 3.49. The van der Waals surface area contributed by atoms with Crippen molar-refractivity contribution < 1.29 is 0 Å². The first-order valence-corrected chi connectivity index (χ1v) is 7.84. The third-order valence-electron chi connectivity index (χ3n) is 5.05. The van der Waals surface area contributed by atoms with Crippen molar-refractivity contribution in [3.8, 4) is 0 Å². The van der Waals surface area contributed by atoms with Crippen molar-refractivity contribution in [1.29, 1.82) is 0 Å². The van der Waals surface area contributed by atoms with Gasteiger partial charge >= 0.3 is 0 Å². The summed E-state index contributed by atoms with van der Waals surface area (Å²) in [5.41, 5.74) is 0. The monoisotopic (exact) mass is 253 g/mol. The Hall–Kier alpha value is -0.120. The van der Waals surface area contributed by atoms with Crippen LogP contribution in [0, 0.1) is 5.92 Å². The molecule has 0 aromatic carbocycles. The molecule has 0 bridgehead atoms. The zero-order valence-electron chi connectivity index (χ0n) is 12.7. The summed E-state index contributed by atoms with van der Waals surface area (Å²) in [6.45, 7) is 15.6. The van der Waals surface area contributed by atoms with Gasteiger partial charge in [-0.05, 0) is 52.2 Å². The van der Waals surface area contributed by atoms with Crippen molar-refractivity contribution in [3.63, 3.8) is 0 Å². The zero-order valence-corrected chi connectivity index (χ0v) is 12.7. The van der Waals surface area contributed by atoms with Gasteiger partial charge in [0.15, 0.2) is 0 Å². The number of hydrogen-bond acceptors (Lipinski definition) is 3. The molecule has 4 atom stereocenters. The minimum Gasteiger partial charge on any atom is -0.317 e. The fraction of sp³-hybridized carbons (Fsp3) is 1.00. The van der Waals surface area contributed by atoms with Gasteiger partial charge in [-0.2, -0.15) is 0 Å². The van der Waals surface area contributed by atoms with E-state index in [0.717, 1.165) is 31.1 Å². The van der Waals surface area contributed by atoms with Crippen LogP contribution in [0.4, 0.5) is 0 Å². The van der Waals surface area contributed by atoms with E-state index in [1.54, 1.807) is 0 Å². The Kier molecular flexibility index (Phi) is 5.05. The van der Waals surface area contributed by atoms with E-state index in [1.807, 2.05) is 0 Å². The maximum Gasteiger partial charge on any atom is 0.0224 e. The Labute approximate surface area is 113 Å². The summed E-state index contributed by atoms with van der Waals surface area (Å²) in [4.78, 5) is 5.47. The van der Waals surface area contributed by atoms with Gasteiger partial charge in [0.25, 0.3) is 0 Å². The van der Waals surface area contributed by atoms with Gasteiger partial charge < -0.3 is 5.32 Å². The van der Waals surface area contributed by atoms with Crippen molar-refractivity contribution in [2.24, 2.45) is 5.92 Å². The summed E-state index contributed by atoms with van der Waals surface area (Å²) < 4.78 is 0. The molecule has 2 aliphatic heterocycles. The van der Waals surface area contributed by atoms with Crippen LogP contribution in [0.3, 0.4) is 0 Å². The lowest BCUT2D eigenvalue weighted by Gasteiger charge is -2.46. The van der Waals surface area contributed by atoms with Crippen LogP contribution in [-0.4, -0.2) is 60.6 Å². The highest BCUT2D eigenvalue weighted by molar-refractivity contribution is 4.93. The molecule has 0 radical (unpaired) electrons. The van der Waals surface area contributed by atoms with Crippen LogP contribution in [0.15, 0.2) is 0 Å². The summed E-state index contributed by atoms with van der Waals surface area (Å²) >= 11 is 0. The number of nitrogens with zero attached hydrogens (tertiary/aromatic N) is 2. The molecule has 0 aromatic rings. The van der Waals surface area contributed by atoms with Gasteiger partial charge in [-0.25, -0.2) is 0 Å². The summed E-state index contributed by atoms with van der Waals surface area (Å²) in [6, 6.07) is 2.26. The highest BCUT2D eigenvalue weighted by Crippen LogP contribution is 2.27. The molecule has 1 N–H and O–H groups in total. The SMILES string of the molecule is CCNCC(C)C(C)N1CC2CCCN2CC1C. The van der Waals surface area contributed by atoms with E-state index in [-0.39, 0.29) is 0 Å². The molecule has 2 fully saturated rings. The number of nitrogens with one attached hydrogen (secondary N) is 1. The van der Waals surface area contributed by atoms with Crippen LogP contribution in [-0.2, 0) is 0 Å². The number of fused-ring (bicyclic) bond motifs is 1. The second kappa shape index (κ2) is 6.36. The Morgan fingerprint density at radius 2 is 2.06 bits per heavy atom. The van der Waals surface area contributed by atoms with Gasteiger partial charge in [-0.15, -0.1) is 0 Å². The molecular weight excluding hydrogens is 222 g/mol. The highest BCUT2D eigenvalue weighted by atomic mass is 15.3. The molecule has 0 aromatic heterocycles. The fourth-order valence-electron chi connectivity index (χ4n) is 3.65. The minimum atomic E-state index is 0.696. The number of piperazine rings is 1. The molecule has 4 unspecified atom stereocenters. The maximum absolute atomic E-state index is 3.49. The fourth-order valence-corrected chi connectivity index (χ4v) is 3.65. The normalized spacial score (nSPS) is 33.3. The third-order valence-corrected chi connectivity index (χ3v) is 5.05. The number of hydrogen-bond donors (Lipinski definition) is 1. The van der Waals surface area contributed by atoms with E-state index >= 15 is 0 Å². The summed E-state index contributed by atoms with van der Waals surface area (Å²) in [7, 11) is 0. The first kappa shape index (κ1) is 14.3. The van der Waals surface area contributed by atoms with Gasteiger partial charge in [0.1, 0.15) is 0 Å². The Bertz CT molecular complexity index is 256. The maximum atomic E-state index is 3.49. The van der Waals surface area contributed by atoms with Crippen LogP contribution < -0.4 is 5.32 Å². The van der Waals surface area contributed by atoms with E-state index in [9.17, 15) is 0 Å². The Balaban J connectivity index is 1.90. The molecule has 18 heavy (non-hydrogen) atoms. The predicted molar refractivity (Wildman–Crippen MR) is 77.9 cm³/mol. The molecule has 0 amide bonds. The lowest BCUT2D eigenvalue weighted by Crippen LogP contribution is -2.59. The van der Waals surface area contributed by atoms with Crippen LogP contribution >= 0.6 is 0 Å². The van der Waals surface area contributed by atoms with E-state index in [4.69, 9.17) is 0 Å². The van der Waals surface area contributed by atoms with Crippen LogP contribution in [0.25, 0.3) is 0 Å². The van der Waals surface area contributed by atoms with Gasteiger partial charge in [-0.1, -0.05) is 13.8 Å². The van der Waals surface area contributed by atoms with Gasteiger partial charge in [0.05, 0.1) is 0 Å². The van der Waals surface area contributed by atoms with Crippen molar-refractivity contribution in [2.45, 2.75) is 58.7 Å². The second-order valence-corrected chi connectivity index (χ2v) is 6.36. The van der Waals surface area contributed by atoms with Crippen molar-refractivity contribution >= 4 is 0 Å². The third kappa shape index (κ3) is 3.06. The standard InChI is InChI=1S/C15H31N3/c1-5-16-9-12(2)14(4)18-11-15-7-6-8-17(15)10-13(18)3/h12-16H,5-11H2,1-4H3. The first-order valence-electron chi connectivity index (χ1n) is 7.84. The lowest BCUT2D eigenvalue weighted by molar-refractivity contribution is 0.0171. The minimum absolute atomic E-state index is 0.696. The number of rotatable bonds is 5. The second-order valence-electron chi connectivity index (χ2n) is 6.36. The highest BCUT2D eigenvalue weighted by Gasteiger charge is 2.37. The topological polar surface area (TPSA) is 18.5 Å². The van der Waals surface area contributed by atoms with E-state index in [1.165, 1.54) is 32.5 Å². The molecule has 3 heteroatoms. The van der Waals surface area contributed by atoms with Crippen LogP contribution in [0.2, 0.25) is 0 Å². The largest absolute Gasteiger partial charge is 0.317 e. The molecule has 0 aliphatic carbocycles. The van der Waals surface area contributed by atoms with Crippen molar-refractivity contribution in [3.05, 3.63) is 0 Å². The first-order chi connectivity index (χ1) is 8.63. The smallest absolute Gasteiger partial charge is 0.0224 e. The summed E-state index contributed by atoms with van der Waals surface area (Å²) in [6.07, 6.45) is 2.82. The predicted octanol–water partition coefficient (Wildman–Crippen LogP) is 1.79. The average Bonchev–Trinajstić information content (AvgIpc) is 2.81. The van der Waals surface area contributed by atoms with Crippen LogP contribution in [0.1, 0.15) is 40.5 Å². The van der Waals surface area contributed by atoms with Crippen LogP contribution in [0.5, 0.6) is 0 Å². The van der Waals surface area contributed by atoms with Crippen molar-refractivity contribution in [1.82, 2.24) is 15.1 Å². The van der Waals surface area contributed by atoms with Gasteiger partial charge in [0, 0.05) is 31.2 Å². The molecular formula is C15H31N3. The Morgan fingerprint density at radius 3 is 2.78 bits per heavy atom. The molecule has 2 heterocycles. The molecule has 0 saturated carbocycles. The van der Waals surface area contributed by atoms with Gasteiger partial charge in [0.2, 0.25) is 0 Å². The molecule has 2 rings (SSSR count). The lowest BCUT2D eigenvalue weighted by atomic mass is 9.97. The molecule has 2 saturated heterocycles. The molecule has 0 spiro atoms. The van der Waals surface area contributed by atoms with E-state index in [0.29, 0.717) is 6.04 Å². The van der Waals surface area contributed by atoms with E-state index in [2.05, 4.69) is 42.8 Å².